The summed E-state index contributed by atoms with van der Waals surface area (Å²) < 4.78 is 10.3. The molecule has 5 nitrogen and oxygen atoms in total. The van der Waals surface area contributed by atoms with Gasteiger partial charge in [-0.1, -0.05) is 6.07 Å². The van der Waals surface area contributed by atoms with E-state index in [1.807, 2.05) is 13.0 Å². The third-order valence-corrected chi connectivity index (χ3v) is 2.61. The zero-order chi connectivity index (χ0) is 13.5. The van der Waals surface area contributed by atoms with Gasteiger partial charge in [0.05, 0.1) is 20.6 Å². The van der Waals surface area contributed by atoms with Gasteiger partial charge in [0.1, 0.15) is 11.5 Å². The van der Waals surface area contributed by atoms with Crippen molar-refractivity contribution in [2.45, 2.75) is 19.4 Å². The van der Waals surface area contributed by atoms with E-state index < -0.39 is 0 Å². The first-order valence-corrected chi connectivity index (χ1v) is 5.81. The highest BCUT2D eigenvalue weighted by Gasteiger charge is 2.11. The highest BCUT2D eigenvalue weighted by Crippen LogP contribution is 2.24. The Morgan fingerprint density at radius 3 is 2.67 bits per heavy atom. The minimum atomic E-state index is -0.0728. The van der Waals surface area contributed by atoms with E-state index in [0.29, 0.717) is 18.0 Å². The van der Waals surface area contributed by atoms with E-state index in [-0.39, 0.29) is 18.4 Å². The van der Waals surface area contributed by atoms with Gasteiger partial charge in [-0.3, -0.25) is 4.79 Å². The lowest BCUT2D eigenvalue weighted by Gasteiger charge is -2.13. The quantitative estimate of drug-likeness (QED) is 0.782. The standard InChI is InChI=1S/C13H20N2O3/c1-9(8-14)15-13(16)6-10-4-5-11(17-2)7-12(10)18-3/h4-5,7,9H,6,8,14H2,1-3H3,(H,15,16). The Morgan fingerprint density at radius 1 is 1.39 bits per heavy atom. The molecule has 0 bridgehead atoms. The summed E-state index contributed by atoms with van der Waals surface area (Å²) in [5.41, 5.74) is 6.27. The molecule has 1 rings (SSSR count). The lowest BCUT2D eigenvalue weighted by atomic mass is 10.1. The highest BCUT2D eigenvalue weighted by atomic mass is 16.5. The van der Waals surface area contributed by atoms with Gasteiger partial charge in [-0.2, -0.15) is 0 Å². The van der Waals surface area contributed by atoms with Gasteiger partial charge in [0.2, 0.25) is 5.91 Å². The molecule has 0 saturated carbocycles. The Labute approximate surface area is 107 Å². The van der Waals surface area contributed by atoms with E-state index in [9.17, 15) is 4.79 Å². The summed E-state index contributed by atoms with van der Waals surface area (Å²) >= 11 is 0. The number of nitrogens with two attached hydrogens (primary N) is 1. The molecule has 100 valence electrons. The smallest absolute Gasteiger partial charge is 0.224 e. The van der Waals surface area contributed by atoms with Crippen LogP contribution in [0.3, 0.4) is 0 Å². The molecule has 1 aromatic carbocycles. The predicted molar refractivity (Wildman–Crippen MR) is 69.9 cm³/mol. The van der Waals surface area contributed by atoms with Crippen LogP contribution in [-0.4, -0.2) is 32.7 Å². The largest absolute Gasteiger partial charge is 0.497 e. The van der Waals surface area contributed by atoms with Gasteiger partial charge in [0, 0.05) is 24.2 Å². The summed E-state index contributed by atoms with van der Waals surface area (Å²) in [5.74, 6) is 1.27. The van der Waals surface area contributed by atoms with E-state index >= 15 is 0 Å². The topological polar surface area (TPSA) is 73.6 Å². The zero-order valence-corrected chi connectivity index (χ0v) is 11.0. The molecular formula is C13H20N2O3. The second kappa shape index (κ2) is 6.86. The van der Waals surface area contributed by atoms with Crippen molar-refractivity contribution in [3.05, 3.63) is 23.8 Å². The minimum absolute atomic E-state index is 0.0262. The van der Waals surface area contributed by atoms with Gasteiger partial charge in [0.25, 0.3) is 0 Å². The maximum atomic E-state index is 11.8. The molecule has 1 aromatic rings. The number of hydrogen-bond donors (Lipinski definition) is 2. The molecule has 18 heavy (non-hydrogen) atoms. The molecule has 0 saturated heterocycles. The summed E-state index contributed by atoms with van der Waals surface area (Å²) in [6, 6.07) is 5.36. The third-order valence-electron chi connectivity index (χ3n) is 2.61. The van der Waals surface area contributed by atoms with Crippen LogP contribution < -0.4 is 20.5 Å². The minimum Gasteiger partial charge on any atom is -0.497 e. The number of amides is 1. The van der Waals surface area contributed by atoms with Gasteiger partial charge in [-0.25, -0.2) is 0 Å². The van der Waals surface area contributed by atoms with Crippen LogP contribution in [0.15, 0.2) is 18.2 Å². The molecule has 0 aliphatic heterocycles. The summed E-state index contributed by atoms with van der Waals surface area (Å²) in [6.45, 7) is 2.29. The molecule has 1 amide bonds. The monoisotopic (exact) mass is 252 g/mol. The molecule has 3 N–H and O–H groups in total. The number of methoxy groups -OCH3 is 2. The Morgan fingerprint density at radius 2 is 2.11 bits per heavy atom. The van der Waals surface area contributed by atoms with Crippen molar-refractivity contribution in [1.82, 2.24) is 5.32 Å². The van der Waals surface area contributed by atoms with E-state index in [2.05, 4.69) is 5.32 Å². The average molecular weight is 252 g/mol. The number of hydrogen-bond acceptors (Lipinski definition) is 4. The van der Waals surface area contributed by atoms with Crippen LogP contribution in [0, 0.1) is 0 Å². The molecular weight excluding hydrogens is 232 g/mol. The summed E-state index contributed by atoms with van der Waals surface area (Å²) in [4.78, 5) is 11.8. The van der Waals surface area contributed by atoms with Crippen molar-refractivity contribution >= 4 is 5.91 Å². The molecule has 0 fully saturated rings. The summed E-state index contributed by atoms with van der Waals surface area (Å²) in [6.07, 6.45) is 0.261. The van der Waals surface area contributed by atoms with Gasteiger partial charge in [0.15, 0.2) is 0 Å². The lowest BCUT2D eigenvalue weighted by molar-refractivity contribution is -0.121. The maximum Gasteiger partial charge on any atom is 0.224 e. The van der Waals surface area contributed by atoms with Crippen molar-refractivity contribution < 1.29 is 14.3 Å². The van der Waals surface area contributed by atoms with Gasteiger partial charge in [-0.15, -0.1) is 0 Å². The predicted octanol–water partition coefficient (Wildman–Crippen LogP) is 0.710. The number of rotatable bonds is 6. The molecule has 1 atom stereocenters. The molecule has 0 radical (unpaired) electrons. The van der Waals surface area contributed by atoms with E-state index in [1.54, 1.807) is 26.4 Å². The molecule has 0 aromatic heterocycles. The first-order valence-electron chi connectivity index (χ1n) is 5.81. The summed E-state index contributed by atoms with van der Waals surface area (Å²) in [5, 5.41) is 2.81. The van der Waals surface area contributed by atoms with Crippen molar-refractivity contribution in [3.8, 4) is 11.5 Å². The van der Waals surface area contributed by atoms with Crippen LogP contribution in [0.4, 0.5) is 0 Å². The number of carbonyl (C=O) groups is 1. The van der Waals surface area contributed by atoms with Crippen molar-refractivity contribution in [2.24, 2.45) is 5.73 Å². The van der Waals surface area contributed by atoms with Crippen molar-refractivity contribution in [2.75, 3.05) is 20.8 Å². The molecule has 5 heteroatoms. The Kier molecular flexibility index (Phi) is 5.45. The third kappa shape index (κ3) is 3.92. The van der Waals surface area contributed by atoms with Crippen LogP contribution in [0.1, 0.15) is 12.5 Å². The first-order chi connectivity index (χ1) is 8.60. The second-order valence-corrected chi connectivity index (χ2v) is 4.06. The lowest BCUT2D eigenvalue weighted by Crippen LogP contribution is -2.38. The molecule has 0 heterocycles. The zero-order valence-electron chi connectivity index (χ0n) is 11.0. The fraction of sp³-hybridized carbons (Fsp3) is 0.462. The van der Waals surface area contributed by atoms with Crippen LogP contribution in [-0.2, 0) is 11.2 Å². The van der Waals surface area contributed by atoms with Crippen LogP contribution in [0.5, 0.6) is 11.5 Å². The van der Waals surface area contributed by atoms with Crippen LogP contribution in [0.2, 0.25) is 0 Å². The number of benzene rings is 1. The molecule has 0 spiro atoms. The average Bonchev–Trinajstić information content (AvgIpc) is 2.38. The Balaban J connectivity index is 2.74. The van der Waals surface area contributed by atoms with E-state index in [4.69, 9.17) is 15.2 Å². The van der Waals surface area contributed by atoms with Gasteiger partial charge >= 0.3 is 0 Å². The van der Waals surface area contributed by atoms with E-state index in [0.717, 1.165) is 5.56 Å². The van der Waals surface area contributed by atoms with Crippen molar-refractivity contribution in [3.63, 3.8) is 0 Å². The van der Waals surface area contributed by atoms with Crippen molar-refractivity contribution in [1.29, 1.82) is 0 Å². The Hall–Kier alpha value is -1.75. The number of nitrogens with one attached hydrogen (secondary N) is 1. The normalized spacial score (nSPS) is 11.8. The van der Waals surface area contributed by atoms with Crippen LogP contribution >= 0.6 is 0 Å². The number of carbonyl (C=O) groups excluding carboxylic acids is 1. The van der Waals surface area contributed by atoms with Gasteiger partial charge in [-0.05, 0) is 13.0 Å². The number of ether oxygens (including phenoxy) is 2. The van der Waals surface area contributed by atoms with E-state index in [1.165, 1.54) is 0 Å². The molecule has 0 aliphatic rings. The first kappa shape index (κ1) is 14.3. The molecule has 0 aliphatic carbocycles. The maximum absolute atomic E-state index is 11.8. The Bertz CT molecular complexity index is 407. The fourth-order valence-corrected chi connectivity index (χ4v) is 1.56. The second-order valence-electron chi connectivity index (χ2n) is 4.06. The fourth-order valence-electron chi connectivity index (χ4n) is 1.56. The SMILES string of the molecule is COc1ccc(CC(=O)NC(C)CN)c(OC)c1. The van der Waals surface area contributed by atoms with Gasteiger partial charge < -0.3 is 20.5 Å². The highest BCUT2D eigenvalue weighted by molar-refractivity contribution is 5.79. The summed E-state index contributed by atoms with van der Waals surface area (Å²) in [7, 11) is 3.16. The van der Waals surface area contributed by atoms with Crippen LogP contribution in [0.25, 0.3) is 0 Å². The molecule has 1 unspecified atom stereocenters.